The molecule has 0 bridgehead atoms. The maximum Gasteiger partial charge on any atom is 0.341 e. The van der Waals surface area contributed by atoms with Gasteiger partial charge >= 0.3 is 5.97 Å². The molecule has 2 rings (SSSR count). The van der Waals surface area contributed by atoms with Gasteiger partial charge in [0.05, 0.1) is 0 Å². The van der Waals surface area contributed by atoms with Crippen LogP contribution in [0.5, 0.6) is 5.75 Å². The second-order valence-corrected chi connectivity index (χ2v) is 2.66. The fourth-order valence-electron chi connectivity index (χ4n) is 1.05. The van der Waals surface area contributed by atoms with Crippen LogP contribution in [-0.4, -0.2) is 33.1 Å². The zero-order valence-electron chi connectivity index (χ0n) is 7.10. The van der Waals surface area contributed by atoms with E-state index in [1.807, 2.05) is 0 Å². The van der Waals surface area contributed by atoms with E-state index in [-0.39, 0.29) is 6.61 Å². The fraction of sp³-hybridized carbons (Fsp3) is 0.125. The molecule has 6 nitrogen and oxygen atoms in total. The van der Waals surface area contributed by atoms with E-state index < -0.39 is 5.97 Å². The maximum absolute atomic E-state index is 10.2. The molecule has 0 fully saturated rings. The van der Waals surface area contributed by atoms with Gasteiger partial charge in [-0.15, -0.1) is 0 Å². The highest BCUT2D eigenvalue weighted by molar-refractivity contribution is 5.75. The molecule has 0 radical (unpaired) electrons. The molecule has 1 heterocycles. The molecule has 1 aromatic heterocycles. The van der Waals surface area contributed by atoms with Crippen molar-refractivity contribution in [1.82, 2.24) is 15.4 Å². The van der Waals surface area contributed by atoms with Gasteiger partial charge in [-0.1, -0.05) is 0 Å². The number of carboxylic acids is 1. The van der Waals surface area contributed by atoms with Gasteiger partial charge in [-0.25, -0.2) is 4.79 Å². The van der Waals surface area contributed by atoms with Gasteiger partial charge in [0.25, 0.3) is 0 Å². The third kappa shape index (κ3) is 1.63. The van der Waals surface area contributed by atoms with Crippen LogP contribution in [-0.2, 0) is 4.79 Å². The number of carbonyl (C=O) groups is 1. The highest BCUT2D eigenvalue weighted by Crippen LogP contribution is 2.16. The Kier molecular flexibility index (Phi) is 2.02. The van der Waals surface area contributed by atoms with Crippen LogP contribution < -0.4 is 4.74 Å². The molecule has 0 unspecified atom stereocenters. The third-order valence-corrected chi connectivity index (χ3v) is 1.65. The number of carboxylic acid groups (broad SMARTS) is 1. The van der Waals surface area contributed by atoms with E-state index in [0.717, 1.165) is 0 Å². The van der Waals surface area contributed by atoms with E-state index in [1.54, 1.807) is 18.2 Å². The molecule has 14 heavy (non-hydrogen) atoms. The minimum atomic E-state index is -1.01. The Balaban J connectivity index is 2.21. The summed E-state index contributed by atoms with van der Waals surface area (Å²) >= 11 is 0. The molecule has 1 aromatic carbocycles. The lowest BCUT2D eigenvalue weighted by molar-refractivity contribution is -0.139. The van der Waals surface area contributed by atoms with Crippen LogP contribution in [0.4, 0.5) is 0 Å². The Hall–Kier alpha value is -2.11. The van der Waals surface area contributed by atoms with Crippen LogP contribution in [0.1, 0.15) is 0 Å². The van der Waals surface area contributed by atoms with Gasteiger partial charge in [0.2, 0.25) is 0 Å². The van der Waals surface area contributed by atoms with Crippen molar-refractivity contribution in [2.45, 2.75) is 0 Å². The van der Waals surface area contributed by atoms with Gasteiger partial charge in [0.1, 0.15) is 16.8 Å². The summed E-state index contributed by atoms with van der Waals surface area (Å²) in [6.07, 6.45) is 0. The molecule has 0 aliphatic carbocycles. The number of H-pyrrole nitrogens is 1. The largest absolute Gasteiger partial charge is 0.482 e. The molecular weight excluding hydrogens is 186 g/mol. The van der Waals surface area contributed by atoms with E-state index in [2.05, 4.69) is 15.4 Å². The minimum Gasteiger partial charge on any atom is -0.482 e. The minimum absolute atomic E-state index is 0.358. The van der Waals surface area contributed by atoms with Crippen molar-refractivity contribution in [2.75, 3.05) is 6.61 Å². The summed E-state index contributed by atoms with van der Waals surface area (Å²) in [6, 6.07) is 4.98. The van der Waals surface area contributed by atoms with Crippen LogP contribution in [0, 0.1) is 0 Å². The Morgan fingerprint density at radius 3 is 3.00 bits per heavy atom. The highest BCUT2D eigenvalue weighted by atomic mass is 16.5. The number of hydrogen-bond donors (Lipinski definition) is 2. The summed E-state index contributed by atoms with van der Waals surface area (Å²) in [4.78, 5) is 10.2. The summed E-state index contributed by atoms with van der Waals surface area (Å²) in [5.41, 5.74) is 1.36. The van der Waals surface area contributed by atoms with E-state index in [4.69, 9.17) is 9.84 Å². The van der Waals surface area contributed by atoms with E-state index >= 15 is 0 Å². The van der Waals surface area contributed by atoms with Gasteiger partial charge in [-0.3, -0.25) is 0 Å². The van der Waals surface area contributed by atoms with Crippen molar-refractivity contribution in [3.8, 4) is 5.75 Å². The van der Waals surface area contributed by atoms with Gasteiger partial charge < -0.3 is 9.84 Å². The highest BCUT2D eigenvalue weighted by Gasteiger charge is 2.02. The zero-order valence-corrected chi connectivity index (χ0v) is 7.10. The van der Waals surface area contributed by atoms with E-state index in [9.17, 15) is 4.79 Å². The first-order chi connectivity index (χ1) is 6.75. The number of aromatic nitrogens is 3. The van der Waals surface area contributed by atoms with Crippen molar-refractivity contribution in [3.05, 3.63) is 18.2 Å². The van der Waals surface area contributed by atoms with Crippen molar-refractivity contribution in [3.63, 3.8) is 0 Å². The van der Waals surface area contributed by atoms with Gasteiger partial charge in [0.15, 0.2) is 6.61 Å². The number of hydrogen-bond acceptors (Lipinski definition) is 4. The number of benzene rings is 1. The molecule has 0 amide bonds. The number of rotatable bonds is 3. The summed E-state index contributed by atoms with van der Waals surface area (Å²) in [7, 11) is 0. The maximum atomic E-state index is 10.2. The zero-order chi connectivity index (χ0) is 9.97. The second-order valence-electron chi connectivity index (χ2n) is 2.66. The Labute approximate surface area is 78.5 Å². The molecular formula is C8H7N3O3. The van der Waals surface area contributed by atoms with E-state index in [0.29, 0.717) is 16.8 Å². The molecule has 6 heteroatoms. The lowest BCUT2D eigenvalue weighted by atomic mass is 10.3. The molecule has 2 N–H and O–H groups in total. The molecule has 0 saturated carbocycles. The number of fused-ring (bicyclic) bond motifs is 1. The second kappa shape index (κ2) is 3.33. The number of ether oxygens (including phenoxy) is 1. The van der Waals surface area contributed by atoms with Crippen molar-refractivity contribution >= 4 is 17.0 Å². The molecule has 0 spiro atoms. The first-order valence-electron chi connectivity index (χ1n) is 3.91. The number of aliphatic carboxylic acids is 1. The van der Waals surface area contributed by atoms with Crippen molar-refractivity contribution in [2.24, 2.45) is 0 Å². The van der Waals surface area contributed by atoms with Crippen LogP contribution in [0.3, 0.4) is 0 Å². The molecule has 0 saturated heterocycles. The first kappa shape index (κ1) is 8.49. The third-order valence-electron chi connectivity index (χ3n) is 1.65. The smallest absolute Gasteiger partial charge is 0.341 e. The Bertz CT molecular complexity index is 466. The lowest BCUT2D eigenvalue weighted by Crippen LogP contribution is -2.09. The van der Waals surface area contributed by atoms with E-state index in [1.165, 1.54) is 0 Å². The average molecular weight is 193 g/mol. The normalized spacial score (nSPS) is 10.3. The summed E-state index contributed by atoms with van der Waals surface area (Å²) in [5, 5.41) is 18.5. The van der Waals surface area contributed by atoms with Crippen molar-refractivity contribution in [1.29, 1.82) is 0 Å². The fourth-order valence-corrected chi connectivity index (χ4v) is 1.05. The Morgan fingerprint density at radius 2 is 2.21 bits per heavy atom. The lowest BCUT2D eigenvalue weighted by Gasteiger charge is -2.01. The monoisotopic (exact) mass is 193 g/mol. The predicted molar refractivity (Wildman–Crippen MR) is 47.0 cm³/mol. The van der Waals surface area contributed by atoms with Crippen molar-refractivity contribution < 1.29 is 14.6 Å². The standard InChI is InChI=1S/C8H7N3O3/c12-8(13)4-14-5-1-2-6-7(3-5)10-11-9-6/h1-3H,4H2,(H,12,13)(H,9,10,11). The van der Waals surface area contributed by atoms with Crippen LogP contribution >= 0.6 is 0 Å². The number of aromatic amines is 1. The molecule has 2 aromatic rings. The molecule has 0 aliphatic heterocycles. The summed E-state index contributed by atoms with van der Waals surface area (Å²) < 4.78 is 4.96. The summed E-state index contributed by atoms with van der Waals surface area (Å²) in [6.45, 7) is -0.358. The number of nitrogens with zero attached hydrogens (tertiary/aromatic N) is 2. The average Bonchev–Trinajstić information content (AvgIpc) is 2.61. The van der Waals surface area contributed by atoms with Gasteiger partial charge in [0, 0.05) is 6.07 Å². The van der Waals surface area contributed by atoms with Crippen LogP contribution in [0.15, 0.2) is 18.2 Å². The molecule has 0 aliphatic rings. The summed E-state index contributed by atoms with van der Waals surface area (Å²) in [5.74, 6) is -0.543. The predicted octanol–water partition coefficient (Wildman–Crippen LogP) is 0.421. The topological polar surface area (TPSA) is 88.1 Å². The SMILES string of the molecule is O=C(O)COc1ccc2n[nH]nc2c1. The van der Waals surface area contributed by atoms with Crippen LogP contribution in [0.25, 0.3) is 11.0 Å². The first-order valence-corrected chi connectivity index (χ1v) is 3.91. The Morgan fingerprint density at radius 1 is 1.43 bits per heavy atom. The quantitative estimate of drug-likeness (QED) is 0.737. The van der Waals surface area contributed by atoms with Crippen LogP contribution in [0.2, 0.25) is 0 Å². The number of nitrogens with one attached hydrogen (secondary N) is 1. The van der Waals surface area contributed by atoms with Gasteiger partial charge in [-0.05, 0) is 12.1 Å². The molecule has 72 valence electrons. The molecule has 0 atom stereocenters. The van der Waals surface area contributed by atoms with Gasteiger partial charge in [-0.2, -0.15) is 15.4 Å².